The summed E-state index contributed by atoms with van der Waals surface area (Å²) >= 11 is 0. The molecular weight excluding hydrogens is 270 g/mol. The lowest BCUT2D eigenvalue weighted by Gasteiger charge is -2.27. The lowest BCUT2D eigenvalue weighted by atomic mass is 9.76. The summed E-state index contributed by atoms with van der Waals surface area (Å²) in [5.74, 6) is -0.565. The van der Waals surface area contributed by atoms with Gasteiger partial charge in [-0.15, -0.1) is 0 Å². The van der Waals surface area contributed by atoms with Gasteiger partial charge >= 0.3 is 11.9 Å². The van der Waals surface area contributed by atoms with E-state index in [4.69, 9.17) is 9.47 Å². The number of nitriles is 1. The van der Waals surface area contributed by atoms with Crippen molar-refractivity contribution in [3.05, 3.63) is 0 Å². The normalized spacial score (nSPS) is 14.9. The summed E-state index contributed by atoms with van der Waals surface area (Å²) in [4.78, 5) is 24.0. The van der Waals surface area contributed by atoms with Gasteiger partial charge in [0.25, 0.3) is 0 Å². The van der Waals surface area contributed by atoms with Crippen LogP contribution in [-0.4, -0.2) is 25.2 Å². The van der Waals surface area contributed by atoms with Crippen molar-refractivity contribution in [1.29, 1.82) is 5.26 Å². The van der Waals surface area contributed by atoms with Crippen LogP contribution in [-0.2, 0) is 19.1 Å². The summed E-state index contributed by atoms with van der Waals surface area (Å²) in [5, 5.41) is 9.52. The van der Waals surface area contributed by atoms with Gasteiger partial charge in [0.15, 0.2) is 5.41 Å². The first-order valence-electron chi connectivity index (χ1n) is 7.55. The van der Waals surface area contributed by atoms with E-state index in [1.54, 1.807) is 13.8 Å². The molecule has 0 rings (SSSR count). The lowest BCUT2D eigenvalue weighted by molar-refractivity contribution is -0.159. The fourth-order valence-corrected chi connectivity index (χ4v) is 2.57. The third-order valence-electron chi connectivity index (χ3n) is 3.20. The van der Waals surface area contributed by atoms with E-state index in [1.807, 2.05) is 13.0 Å². The molecule has 0 aliphatic rings. The molecule has 0 spiro atoms. The van der Waals surface area contributed by atoms with E-state index < -0.39 is 17.4 Å². The zero-order valence-corrected chi connectivity index (χ0v) is 13.8. The van der Waals surface area contributed by atoms with Gasteiger partial charge in [0, 0.05) is 0 Å². The molecule has 0 aliphatic heterocycles. The molecular formula is C16H27NO4. The molecule has 2 atom stereocenters. The van der Waals surface area contributed by atoms with Crippen molar-refractivity contribution in [3.63, 3.8) is 0 Å². The number of rotatable bonds is 9. The van der Waals surface area contributed by atoms with Crippen LogP contribution in [0.15, 0.2) is 0 Å². The van der Waals surface area contributed by atoms with Gasteiger partial charge in [0.05, 0.1) is 25.7 Å². The van der Waals surface area contributed by atoms with Gasteiger partial charge < -0.3 is 9.47 Å². The zero-order valence-electron chi connectivity index (χ0n) is 13.8. The summed E-state index contributed by atoms with van der Waals surface area (Å²) in [6, 6.07) is 2.02. The molecule has 0 aromatic carbocycles. The van der Waals surface area contributed by atoms with Crippen LogP contribution in [0.25, 0.3) is 0 Å². The van der Waals surface area contributed by atoms with Gasteiger partial charge in [-0.2, -0.15) is 5.26 Å². The topological polar surface area (TPSA) is 76.4 Å². The monoisotopic (exact) mass is 297 g/mol. The van der Waals surface area contributed by atoms with Crippen LogP contribution in [0.4, 0.5) is 0 Å². The first kappa shape index (κ1) is 19.4. The van der Waals surface area contributed by atoms with Gasteiger partial charge in [-0.05, 0) is 38.5 Å². The minimum atomic E-state index is -1.45. The SMILES string of the molecule is CCOC(=O)CC(C#N)(C[C@H](C)CC(C)C)C(=O)OCC. The number of nitrogens with zero attached hydrogens (tertiary/aromatic N) is 1. The maximum absolute atomic E-state index is 12.2. The van der Waals surface area contributed by atoms with Crippen LogP contribution in [0.5, 0.6) is 0 Å². The van der Waals surface area contributed by atoms with Crippen molar-refractivity contribution < 1.29 is 19.1 Å². The molecule has 120 valence electrons. The van der Waals surface area contributed by atoms with Crippen LogP contribution >= 0.6 is 0 Å². The van der Waals surface area contributed by atoms with Gasteiger partial charge in [0.1, 0.15) is 0 Å². The number of carbonyl (C=O) groups excluding carboxylic acids is 2. The molecule has 0 saturated heterocycles. The van der Waals surface area contributed by atoms with E-state index in [-0.39, 0.29) is 25.6 Å². The summed E-state index contributed by atoms with van der Waals surface area (Å²) in [6.45, 7) is 9.94. The summed E-state index contributed by atoms with van der Waals surface area (Å²) in [6.07, 6.45) is 0.934. The van der Waals surface area contributed by atoms with Crippen molar-refractivity contribution in [2.24, 2.45) is 17.3 Å². The predicted molar refractivity (Wildman–Crippen MR) is 79.2 cm³/mol. The van der Waals surface area contributed by atoms with Crippen LogP contribution in [0, 0.1) is 28.6 Å². The fourth-order valence-electron chi connectivity index (χ4n) is 2.57. The number of hydrogen-bond acceptors (Lipinski definition) is 5. The second-order valence-electron chi connectivity index (χ2n) is 5.84. The Morgan fingerprint density at radius 3 is 2.14 bits per heavy atom. The maximum atomic E-state index is 12.2. The van der Waals surface area contributed by atoms with Gasteiger partial charge in [-0.25, -0.2) is 0 Å². The molecule has 0 bridgehead atoms. The van der Waals surface area contributed by atoms with Gasteiger partial charge in [-0.1, -0.05) is 20.8 Å². The Kier molecular flexibility index (Phi) is 8.68. The lowest BCUT2D eigenvalue weighted by Crippen LogP contribution is -2.36. The van der Waals surface area contributed by atoms with Crippen molar-refractivity contribution in [2.75, 3.05) is 13.2 Å². The molecule has 5 heteroatoms. The molecule has 0 radical (unpaired) electrons. The summed E-state index contributed by atoms with van der Waals surface area (Å²) < 4.78 is 9.91. The van der Waals surface area contributed by atoms with Crippen LogP contribution in [0.2, 0.25) is 0 Å². The predicted octanol–water partition coefficient (Wildman–Crippen LogP) is 3.08. The smallest absolute Gasteiger partial charge is 0.327 e. The highest BCUT2D eigenvalue weighted by atomic mass is 16.5. The maximum Gasteiger partial charge on any atom is 0.327 e. The molecule has 0 aliphatic carbocycles. The van der Waals surface area contributed by atoms with Crippen molar-refractivity contribution in [3.8, 4) is 6.07 Å². The number of esters is 2. The van der Waals surface area contributed by atoms with E-state index in [1.165, 1.54) is 0 Å². The Hall–Kier alpha value is -1.57. The highest BCUT2D eigenvalue weighted by Crippen LogP contribution is 2.34. The molecule has 0 heterocycles. The molecule has 5 nitrogen and oxygen atoms in total. The molecule has 0 N–H and O–H groups in total. The number of hydrogen-bond donors (Lipinski definition) is 0. The van der Waals surface area contributed by atoms with E-state index in [0.717, 1.165) is 6.42 Å². The minimum absolute atomic E-state index is 0.142. The average Bonchev–Trinajstić information content (AvgIpc) is 2.37. The Balaban J connectivity index is 5.17. The largest absolute Gasteiger partial charge is 0.466 e. The van der Waals surface area contributed by atoms with Crippen LogP contribution < -0.4 is 0 Å². The highest BCUT2D eigenvalue weighted by Gasteiger charge is 2.44. The Bertz CT molecular complexity index is 386. The van der Waals surface area contributed by atoms with Crippen molar-refractivity contribution in [1.82, 2.24) is 0 Å². The zero-order chi connectivity index (χ0) is 16.5. The standard InChI is InChI=1S/C16H27NO4/c1-6-20-14(18)10-16(11-17,15(19)21-7-2)9-13(5)8-12(3)4/h12-13H,6-10H2,1-5H3/t13-,16?/m1/s1. The number of carbonyl (C=O) groups is 2. The van der Waals surface area contributed by atoms with Crippen molar-refractivity contribution in [2.45, 2.75) is 53.9 Å². The molecule has 0 aromatic rings. The van der Waals surface area contributed by atoms with E-state index in [2.05, 4.69) is 13.8 Å². The highest BCUT2D eigenvalue weighted by molar-refractivity contribution is 5.86. The molecule has 0 amide bonds. The van der Waals surface area contributed by atoms with E-state index >= 15 is 0 Å². The van der Waals surface area contributed by atoms with Crippen LogP contribution in [0.3, 0.4) is 0 Å². The third-order valence-corrected chi connectivity index (χ3v) is 3.20. The fraction of sp³-hybridized carbons (Fsp3) is 0.812. The van der Waals surface area contributed by atoms with Gasteiger partial charge in [0.2, 0.25) is 0 Å². The molecule has 0 fully saturated rings. The van der Waals surface area contributed by atoms with Crippen molar-refractivity contribution >= 4 is 11.9 Å². The first-order valence-corrected chi connectivity index (χ1v) is 7.55. The van der Waals surface area contributed by atoms with E-state index in [9.17, 15) is 14.9 Å². The quantitative estimate of drug-likeness (QED) is 0.611. The second kappa shape index (κ2) is 9.38. The first-order chi connectivity index (χ1) is 9.81. The average molecular weight is 297 g/mol. The minimum Gasteiger partial charge on any atom is -0.466 e. The summed E-state index contributed by atoms with van der Waals surface area (Å²) in [7, 11) is 0. The number of ether oxygens (including phenoxy) is 2. The molecule has 0 saturated carbocycles. The molecule has 21 heavy (non-hydrogen) atoms. The van der Waals surface area contributed by atoms with Crippen LogP contribution in [0.1, 0.15) is 53.9 Å². The summed E-state index contributed by atoms with van der Waals surface area (Å²) in [5.41, 5.74) is -1.45. The Morgan fingerprint density at radius 1 is 1.14 bits per heavy atom. The third kappa shape index (κ3) is 6.61. The Morgan fingerprint density at radius 2 is 1.71 bits per heavy atom. The van der Waals surface area contributed by atoms with E-state index in [0.29, 0.717) is 12.3 Å². The molecule has 0 aromatic heterocycles. The van der Waals surface area contributed by atoms with Gasteiger partial charge in [-0.3, -0.25) is 9.59 Å². The second-order valence-corrected chi connectivity index (χ2v) is 5.84. The molecule has 1 unspecified atom stereocenters. The Labute approximate surface area is 127 Å².